The summed E-state index contributed by atoms with van der Waals surface area (Å²) in [6.45, 7) is 8.46. The minimum Gasteiger partial charge on any atom is -0.507 e. The fraction of sp³-hybridized carbons (Fsp3) is 0.286. The van der Waals surface area contributed by atoms with Crippen molar-refractivity contribution < 1.29 is 19.4 Å². The summed E-state index contributed by atoms with van der Waals surface area (Å²) in [6, 6.07) is 16.3. The lowest BCUT2D eigenvalue weighted by Crippen LogP contribution is -2.28. The van der Waals surface area contributed by atoms with Crippen LogP contribution in [0.25, 0.3) is 5.76 Å². The van der Waals surface area contributed by atoms with Gasteiger partial charge in [0.05, 0.1) is 25.3 Å². The normalized spacial score (nSPS) is 17.9. The zero-order chi connectivity index (χ0) is 24.6. The van der Waals surface area contributed by atoms with Crippen LogP contribution in [0.5, 0.6) is 5.75 Å². The Morgan fingerprint density at radius 2 is 1.85 bits per heavy atom. The first kappa shape index (κ1) is 23.8. The lowest BCUT2D eigenvalue weighted by Gasteiger charge is -2.26. The molecule has 3 aromatic rings. The van der Waals surface area contributed by atoms with Gasteiger partial charge in [-0.05, 0) is 58.7 Å². The first-order valence-corrected chi connectivity index (χ1v) is 12.1. The molecule has 0 aliphatic carbocycles. The second-order valence-corrected chi connectivity index (χ2v) is 10.6. The van der Waals surface area contributed by atoms with E-state index in [1.807, 2.05) is 66.9 Å². The predicted octanol–water partition coefficient (Wildman–Crippen LogP) is 5.98. The van der Waals surface area contributed by atoms with Crippen molar-refractivity contribution in [1.29, 1.82) is 0 Å². The molecule has 2 heterocycles. The molecule has 176 valence electrons. The maximum Gasteiger partial charge on any atom is 0.295 e. The van der Waals surface area contributed by atoms with Crippen molar-refractivity contribution in [2.45, 2.75) is 45.7 Å². The van der Waals surface area contributed by atoms with Crippen molar-refractivity contribution in [1.82, 2.24) is 4.90 Å². The molecule has 0 bridgehead atoms. The lowest BCUT2D eigenvalue weighted by atomic mass is 9.84. The minimum absolute atomic E-state index is 0.101. The van der Waals surface area contributed by atoms with E-state index in [0.29, 0.717) is 16.9 Å². The van der Waals surface area contributed by atoms with Crippen molar-refractivity contribution in [2.75, 3.05) is 7.11 Å². The SMILES string of the molecule is COc1cccc(C2/C(=C(\O)c3cc(C(C)(C)C)ccc3C)C(=O)C(=O)N2Cc2cccs2)c1. The molecule has 1 N–H and O–H groups in total. The molecule has 0 saturated carbocycles. The Balaban J connectivity index is 1.92. The van der Waals surface area contributed by atoms with E-state index in [1.54, 1.807) is 7.11 Å². The first-order chi connectivity index (χ1) is 16.1. The minimum atomic E-state index is -0.727. The van der Waals surface area contributed by atoms with Gasteiger partial charge in [-0.2, -0.15) is 0 Å². The van der Waals surface area contributed by atoms with E-state index in [9.17, 15) is 14.7 Å². The summed E-state index contributed by atoms with van der Waals surface area (Å²) >= 11 is 1.52. The number of ether oxygens (including phenoxy) is 1. The number of hydrogen-bond acceptors (Lipinski definition) is 5. The average Bonchev–Trinajstić information content (AvgIpc) is 3.40. The van der Waals surface area contributed by atoms with Crippen LogP contribution in [0.1, 0.15) is 53.9 Å². The standard InChI is InChI=1S/C28H29NO4S/c1-17-11-12-19(28(2,3)4)15-22(17)25(30)23-24(18-8-6-9-20(14-18)33-5)29(27(32)26(23)31)16-21-10-7-13-34-21/h6-15,24,30H,16H2,1-5H3/b25-23+. The summed E-state index contributed by atoms with van der Waals surface area (Å²) in [5.74, 6) is -0.830. The predicted molar refractivity (Wildman–Crippen MR) is 135 cm³/mol. The van der Waals surface area contributed by atoms with Crippen molar-refractivity contribution in [2.24, 2.45) is 0 Å². The highest BCUT2D eigenvalue weighted by Gasteiger charge is 2.46. The van der Waals surface area contributed by atoms with Crippen molar-refractivity contribution >= 4 is 28.8 Å². The van der Waals surface area contributed by atoms with Crippen LogP contribution in [0, 0.1) is 6.92 Å². The van der Waals surface area contributed by atoms with Crippen LogP contribution in [0.4, 0.5) is 0 Å². The van der Waals surface area contributed by atoms with Gasteiger partial charge in [0, 0.05) is 10.4 Å². The number of Topliss-reactive ketones (excluding diaryl/α,β-unsaturated/α-hetero) is 1. The largest absolute Gasteiger partial charge is 0.507 e. The molecule has 1 unspecified atom stereocenters. The van der Waals surface area contributed by atoms with Gasteiger partial charge in [0.25, 0.3) is 11.7 Å². The number of hydrogen-bond donors (Lipinski definition) is 1. The number of thiophene rings is 1. The molecule has 1 atom stereocenters. The van der Waals surface area contributed by atoms with E-state index < -0.39 is 17.7 Å². The molecular formula is C28H29NO4S. The highest BCUT2D eigenvalue weighted by atomic mass is 32.1. The van der Waals surface area contributed by atoms with Crippen LogP contribution in [0.3, 0.4) is 0 Å². The molecular weight excluding hydrogens is 446 g/mol. The molecule has 1 aliphatic heterocycles. The third kappa shape index (κ3) is 4.38. The number of carbonyl (C=O) groups excluding carboxylic acids is 2. The molecule has 1 saturated heterocycles. The Labute approximate surface area is 204 Å². The second kappa shape index (κ2) is 9.11. The summed E-state index contributed by atoms with van der Waals surface area (Å²) in [5, 5.41) is 13.5. The van der Waals surface area contributed by atoms with E-state index in [0.717, 1.165) is 16.0 Å². The number of amides is 1. The molecule has 1 aromatic heterocycles. The molecule has 0 spiro atoms. The quantitative estimate of drug-likeness (QED) is 0.280. The molecule has 34 heavy (non-hydrogen) atoms. The molecule has 1 aliphatic rings. The maximum atomic E-state index is 13.4. The van der Waals surface area contributed by atoms with Crippen molar-refractivity contribution in [3.8, 4) is 5.75 Å². The number of benzene rings is 2. The van der Waals surface area contributed by atoms with Gasteiger partial charge in [-0.15, -0.1) is 11.3 Å². The Kier molecular flexibility index (Phi) is 6.36. The molecule has 2 aromatic carbocycles. The van der Waals surface area contributed by atoms with Crippen LogP contribution >= 0.6 is 11.3 Å². The van der Waals surface area contributed by atoms with Crippen molar-refractivity contribution in [3.63, 3.8) is 0 Å². The van der Waals surface area contributed by atoms with Gasteiger partial charge in [0.2, 0.25) is 0 Å². The third-order valence-electron chi connectivity index (χ3n) is 6.21. The van der Waals surface area contributed by atoms with Gasteiger partial charge in [-0.1, -0.05) is 51.1 Å². The van der Waals surface area contributed by atoms with Gasteiger partial charge in [-0.25, -0.2) is 0 Å². The van der Waals surface area contributed by atoms with Crippen LogP contribution in [0.15, 0.2) is 65.6 Å². The first-order valence-electron chi connectivity index (χ1n) is 11.2. The number of methoxy groups -OCH3 is 1. The summed E-state index contributed by atoms with van der Waals surface area (Å²) in [7, 11) is 1.57. The van der Waals surface area contributed by atoms with Crippen LogP contribution in [-0.2, 0) is 21.5 Å². The highest BCUT2D eigenvalue weighted by Crippen LogP contribution is 2.42. The zero-order valence-corrected chi connectivity index (χ0v) is 20.9. The monoisotopic (exact) mass is 475 g/mol. The van der Waals surface area contributed by atoms with E-state index >= 15 is 0 Å². The fourth-order valence-corrected chi connectivity index (χ4v) is 4.96. The van der Waals surface area contributed by atoms with Crippen molar-refractivity contribution in [3.05, 3.63) is 92.7 Å². The smallest absolute Gasteiger partial charge is 0.295 e. The number of likely N-dealkylation sites (tertiary alicyclic amines) is 1. The van der Waals surface area contributed by atoms with Gasteiger partial charge in [0.15, 0.2) is 0 Å². The maximum absolute atomic E-state index is 13.4. The van der Waals surface area contributed by atoms with Crippen LogP contribution in [-0.4, -0.2) is 28.8 Å². The van der Waals surface area contributed by atoms with Crippen LogP contribution in [0.2, 0.25) is 0 Å². The number of aliphatic hydroxyl groups is 1. The number of nitrogens with zero attached hydrogens (tertiary/aromatic N) is 1. The fourth-order valence-electron chi connectivity index (χ4n) is 4.26. The van der Waals surface area contributed by atoms with Gasteiger partial charge in [0.1, 0.15) is 11.5 Å². The highest BCUT2D eigenvalue weighted by molar-refractivity contribution is 7.09. The van der Waals surface area contributed by atoms with E-state index in [2.05, 4.69) is 20.8 Å². The summed E-state index contributed by atoms with van der Waals surface area (Å²) in [4.78, 5) is 29.1. The molecule has 1 fully saturated rings. The number of rotatable bonds is 5. The third-order valence-corrected chi connectivity index (χ3v) is 7.08. The average molecular weight is 476 g/mol. The Hall–Kier alpha value is -3.38. The summed E-state index contributed by atoms with van der Waals surface area (Å²) in [6.07, 6.45) is 0. The summed E-state index contributed by atoms with van der Waals surface area (Å²) < 4.78 is 5.40. The lowest BCUT2D eigenvalue weighted by molar-refractivity contribution is -0.140. The van der Waals surface area contributed by atoms with Crippen LogP contribution < -0.4 is 4.74 Å². The number of ketones is 1. The van der Waals surface area contributed by atoms with Gasteiger partial charge >= 0.3 is 0 Å². The topological polar surface area (TPSA) is 66.8 Å². The molecule has 4 rings (SSSR count). The number of aryl methyl sites for hydroxylation is 1. The number of aliphatic hydroxyl groups excluding tert-OH is 1. The summed E-state index contributed by atoms with van der Waals surface area (Å²) in [5.41, 5.74) is 3.10. The van der Waals surface area contributed by atoms with Gasteiger partial charge < -0.3 is 14.7 Å². The van der Waals surface area contributed by atoms with Gasteiger partial charge in [-0.3, -0.25) is 9.59 Å². The Morgan fingerprint density at radius 1 is 1.09 bits per heavy atom. The van der Waals surface area contributed by atoms with E-state index in [4.69, 9.17) is 4.74 Å². The second-order valence-electron chi connectivity index (χ2n) is 9.56. The van der Waals surface area contributed by atoms with E-state index in [-0.39, 0.29) is 23.3 Å². The molecule has 0 radical (unpaired) electrons. The Bertz CT molecular complexity index is 1270. The molecule has 1 amide bonds. The zero-order valence-electron chi connectivity index (χ0n) is 20.1. The molecule has 6 heteroatoms. The molecule has 5 nitrogen and oxygen atoms in total. The Morgan fingerprint density at radius 3 is 2.50 bits per heavy atom. The number of carbonyl (C=O) groups is 2. The van der Waals surface area contributed by atoms with E-state index in [1.165, 1.54) is 16.2 Å².